The summed E-state index contributed by atoms with van der Waals surface area (Å²) in [6, 6.07) is 10.1. The summed E-state index contributed by atoms with van der Waals surface area (Å²) in [6.45, 7) is 0.787. The molecule has 1 aliphatic carbocycles. The third kappa shape index (κ3) is 3.27. The van der Waals surface area contributed by atoms with Gasteiger partial charge in [-0.3, -0.25) is 4.79 Å². The van der Waals surface area contributed by atoms with Crippen LogP contribution in [0.1, 0.15) is 43.8 Å². The minimum Gasteiger partial charge on any atom is -0.355 e. The maximum atomic E-state index is 12.1. The molecule has 4 rings (SSSR count). The molecule has 0 spiro atoms. The van der Waals surface area contributed by atoms with Crippen molar-refractivity contribution in [2.75, 3.05) is 6.54 Å². The molecule has 120 valence electrons. The van der Waals surface area contributed by atoms with Crippen LogP contribution < -0.4 is 5.32 Å². The highest BCUT2D eigenvalue weighted by Gasteiger charge is 2.31. The largest absolute Gasteiger partial charge is 0.355 e. The van der Waals surface area contributed by atoms with Crippen LogP contribution in [0.2, 0.25) is 0 Å². The highest BCUT2D eigenvalue weighted by molar-refractivity contribution is 8.00. The molecule has 1 atom stereocenters. The number of carbonyl (C=O) groups is 1. The second kappa shape index (κ2) is 6.35. The molecular formula is C17H20N4OS. The zero-order valence-corrected chi connectivity index (χ0v) is 13.8. The Morgan fingerprint density at radius 3 is 2.74 bits per heavy atom. The van der Waals surface area contributed by atoms with Gasteiger partial charge < -0.3 is 5.32 Å². The molecule has 5 nitrogen and oxygen atoms in total. The van der Waals surface area contributed by atoms with Crippen LogP contribution in [-0.4, -0.2) is 32.5 Å². The van der Waals surface area contributed by atoms with Gasteiger partial charge >= 0.3 is 0 Å². The van der Waals surface area contributed by atoms with Gasteiger partial charge in [-0.15, -0.1) is 5.10 Å². The van der Waals surface area contributed by atoms with Crippen LogP contribution in [0.4, 0.5) is 0 Å². The standard InChI is InChI=1S/C17H20N4OS/c22-16-14(8-4-5-11-18-16)23-17-19-15(12-9-10-12)21(20-17)13-6-2-1-3-7-13/h1-3,6-7,12,14H,4-5,8-11H2,(H,18,22). The number of hydrogen-bond donors (Lipinski definition) is 1. The molecule has 1 unspecified atom stereocenters. The van der Waals surface area contributed by atoms with Crippen LogP contribution in [0.5, 0.6) is 0 Å². The van der Waals surface area contributed by atoms with E-state index in [9.17, 15) is 4.79 Å². The van der Waals surface area contributed by atoms with Crippen molar-refractivity contribution >= 4 is 17.7 Å². The summed E-state index contributed by atoms with van der Waals surface area (Å²) >= 11 is 1.51. The summed E-state index contributed by atoms with van der Waals surface area (Å²) in [4.78, 5) is 16.9. The van der Waals surface area contributed by atoms with Crippen molar-refractivity contribution in [1.82, 2.24) is 20.1 Å². The van der Waals surface area contributed by atoms with E-state index in [1.165, 1.54) is 24.6 Å². The lowest BCUT2D eigenvalue weighted by Gasteiger charge is -2.09. The Bertz CT molecular complexity index is 696. The minimum absolute atomic E-state index is 0.0730. The highest BCUT2D eigenvalue weighted by atomic mass is 32.2. The van der Waals surface area contributed by atoms with Crippen molar-refractivity contribution in [2.45, 2.75) is 48.4 Å². The molecule has 0 bridgehead atoms. The molecule has 1 aliphatic heterocycles. The zero-order valence-electron chi connectivity index (χ0n) is 12.9. The van der Waals surface area contributed by atoms with Gasteiger partial charge in [0, 0.05) is 12.5 Å². The van der Waals surface area contributed by atoms with Crippen LogP contribution in [0.25, 0.3) is 5.69 Å². The maximum Gasteiger partial charge on any atom is 0.233 e. The van der Waals surface area contributed by atoms with Gasteiger partial charge in [-0.05, 0) is 37.8 Å². The first-order chi connectivity index (χ1) is 11.3. The number of thioether (sulfide) groups is 1. The maximum absolute atomic E-state index is 12.1. The number of benzene rings is 1. The minimum atomic E-state index is -0.0730. The second-order valence-electron chi connectivity index (χ2n) is 6.17. The van der Waals surface area contributed by atoms with E-state index in [4.69, 9.17) is 4.98 Å². The van der Waals surface area contributed by atoms with Crippen LogP contribution in [0, 0.1) is 0 Å². The Balaban J connectivity index is 1.61. The molecule has 1 saturated carbocycles. The lowest BCUT2D eigenvalue weighted by molar-refractivity contribution is -0.120. The number of rotatable bonds is 4. The van der Waals surface area contributed by atoms with E-state index in [-0.39, 0.29) is 11.2 Å². The van der Waals surface area contributed by atoms with Gasteiger partial charge in [0.15, 0.2) is 0 Å². The molecule has 6 heteroatoms. The van der Waals surface area contributed by atoms with Gasteiger partial charge in [-0.2, -0.15) is 0 Å². The molecule has 1 N–H and O–H groups in total. The van der Waals surface area contributed by atoms with E-state index < -0.39 is 0 Å². The average molecular weight is 328 g/mol. The average Bonchev–Trinajstić information content (AvgIpc) is 3.36. The molecule has 2 aromatic rings. The monoisotopic (exact) mass is 328 g/mol. The Morgan fingerprint density at radius 1 is 1.13 bits per heavy atom. The van der Waals surface area contributed by atoms with Gasteiger partial charge in [0.25, 0.3) is 0 Å². The Kier molecular flexibility index (Phi) is 4.08. The SMILES string of the molecule is O=C1NCCCCC1Sc1nc(C2CC2)n(-c2ccccc2)n1. The predicted octanol–water partition coefficient (Wildman–Crippen LogP) is 2.91. The van der Waals surface area contributed by atoms with Crippen molar-refractivity contribution in [2.24, 2.45) is 0 Å². The fourth-order valence-corrected chi connectivity index (χ4v) is 3.87. The van der Waals surface area contributed by atoms with Crippen molar-refractivity contribution < 1.29 is 4.79 Å². The van der Waals surface area contributed by atoms with E-state index in [2.05, 4.69) is 10.4 Å². The highest BCUT2D eigenvalue weighted by Crippen LogP contribution is 2.40. The number of hydrogen-bond acceptors (Lipinski definition) is 4. The van der Waals surface area contributed by atoms with E-state index in [0.29, 0.717) is 5.92 Å². The van der Waals surface area contributed by atoms with E-state index >= 15 is 0 Å². The molecule has 1 saturated heterocycles. The number of nitrogens with one attached hydrogen (secondary N) is 1. The van der Waals surface area contributed by atoms with E-state index in [1.54, 1.807) is 0 Å². The van der Waals surface area contributed by atoms with Crippen molar-refractivity contribution in [3.05, 3.63) is 36.2 Å². The lowest BCUT2D eigenvalue weighted by atomic mass is 10.2. The third-order valence-electron chi connectivity index (χ3n) is 4.29. The molecule has 1 amide bonds. The van der Waals surface area contributed by atoms with E-state index in [0.717, 1.165) is 42.5 Å². The number of amides is 1. The Morgan fingerprint density at radius 2 is 1.96 bits per heavy atom. The van der Waals surface area contributed by atoms with Crippen LogP contribution in [0.15, 0.2) is 35.5 Å². The van der Waals surface area contributed by atoms with Gasteiger partial charge in [0.2, 0.25) is 11.1 Å². The first kappa shape index (κ1) is 14.8. The lowest BCUT2D eigenvalue weighted by Crippen LogP contribution is -2.30. The van der Waals surface area contributed by atoms with Gasteiger partial charge in [0.05, 0.1) is 10.9 Å². The molecule has 2 heterocycles. The molecule has 1 aromatic carbocycles. The normalized spacial score (nSPS) is 21.7. The predicted molar refractivity (Wildman–Crippen MR) is 89.8 cm³/mol. The van der Waals surface area contributed by atoms with Crippen LogP contribution >= 0.6 is 11.8 Å². The summed E-state index contributed by atoms with van der Waals surface area (Å²) < 4.78 is 1.95. The Labute approximate surface area is 139 Å². The molecule has 2 aliphatic rings. The summed E-state index contributed by atoms with van der Waals surface area (Å²) in [5.74, 6) is 1.67. The zero-order chi connectivity index (χ0) is 15.6. The van der Waals surface area contributed by atoms with Crippen molar-refractivity contribution in [1.29, 1.82) is 0 Å². The van der Waals surface area contributed by atoms with Gasteiger partial charge in [-0.1, -0.05) is 36.4 Å². The number of carbonyl (C=O) groups excluding carboxylic acids is 1. The fraction of sp³-hybridized carbons (Fsp3) is 0.471. The second-order valence-corrected chi connectivity index (χ2v) is 7.34. The third-order valence-corrected chi connectivity index (χ3v) is 5.41. The summed E-state index contributed by atoms with van der Waals surface area (Å²) in [5.41, 5.74) is 1.04. The fourth-order valence-electron chi connectivity index (χ4n) is 2.87. The van der Waals surface area contributed by atoms with Crippen molar-refractivity contribution in [3.8, 4) is 5.69 Å². The summed E-state index contributed by atoms with van der Waals surface area (Å²) in [5, 5.41) is 8.32. The smallest absolute Gasteiger partial charge is 0.233 e. The van der Waals surface area contributed by atoms with Gasteiger partial charge in [0.1, 0.15) is 5.82 Å². The quantitative estimate of drug-likeness (QED) is 0.937. The molecular weight excluding hydrogens is 308 g/mol. The first-order valence-electron chi connectivity index (χ1n) is 8.28. The van der Waals surface area contributed by atoms with Crippen LogP contribution in [-0.2, 0) is 4.79 Å². The van der Waals surface area contributed by atoms with Gasteiger partial charge in [-0.25, -0.2) is 9.67 Å². The molecule has 0 radical (unpaired) electrons. The summed E-state index contributed by atoms with van der Waals surface area (Å²) in [6.07, 6.45) is 5.39. The summed E-state index contributed by atoms with van der Waals surface area (Å²) in [7, 11) is 0. The van der Waals surface area contributed by atoms with Crippen LogP contribution in [0.3, 0.4) is 0 Å². The van der Waals surface area contributed by atoms with Crippen molar-refractivity contribution in [3.63, 3.8) is 0 Å². The molecule has 23 heavy (non-hydrogen) atoms. The molecule has 2 fully saturated rings. The van der Waals surface area contributed by atoms with E-state index in [1.807, 2.05) is 35.0 Å². The first-order valence-corrected chi connectivity index (χ1v) is 9.16. The topological polar surface area (TPSA) is 59.8 Å². The molecule has 1 aromatic heterocycles. The Hall–Kier alpha value is -1.82. The number of nitrogens with zero attached hydrogens (tertiary/aromatic N) is 3. The number of para-hydroxylation sites is 1. The number of aromatic nitrogens is 3.